The molecule has 3 amide bonds. The molecule has 1 fully saturated rings. The number of halogens is 1. The Morgan fingerprint density at radius 1 is 1.10 bits per heavy atom. The van der Waals surface area contributed by atoms with E-state index in [0.29, 0.717) is 0 Å². The highest BCUT2D eigenvalue weighted by atomic mass is 19.1. The molecular formula is C22H26FN3O3. The molecule has 1 aliphatic rings. The molecule has 3 rings (SSSR count). The number of carbonyl (C=O) groups is 2. The Balaban J connectivity index is 1.62. The van der Waals surface area contributed by atoms with Crippen molar-refractivity contribution in [1.29, 1.82) is 0 Å². The number of hydrogen-bond donors (Lipinski definition) is 2. The van der Waals surface area contributed by atoms with E-state index in [9.17, 15) is 14.0 Å². The van der Waals surface area contributed by atoms with Crippen LogP contribution in [0.4, 0.5) is 14.9 Å². The smallest absolute Gasteiger partial charge is 0.326 e. The average molecular weight is 399 g/mol. The van der Waals surface area contributed by atoms with Crippen LogP contribution in [0, 0.1) is 5.82 Å². The number of nitrogens with zero attached hydrogens (tertiary/aromatic N) is 1. The van der Waals surface area contributed by atoms with Crippen LogP contribution in [0.3, 0.4) is 0 Å². The van der Waals surface area contributed by atoms with Crippen LogP contribution >= 0.6 is 0 Å². The van der Waals surface area contributed by atoms with Gasteiger partial charge >= 0.3 is 6.03 Å². The Kier molecular flexibility index (Phi) is 7.19. The Morgan fingerprint density at radius 2 is 1.86 bits per heavy atom. The van der Waals surface area contributed by atoms with Crippen molar-refractivity contribution in [1.82, 2.24) is 10.2 Å². The molecule has 0 aromatic heterocycles. The van der Waals surface area contributed by atoms with Crippen molar-refractivity contribution in [3.8, 4) is 5.75 Å². The van der Waals surface area contributed by atoms with Crippen LogP contribution in [-0.4, -0.2) is 37.0 Å². The number of para-hydroxylation sites is 1. The van der Waals surface area contributed by atoms with E-state index < -0.39 is 17.8 Å². The molecule has 1 atom stereocenters. The molecule has 0 radical (unpaired) electrons. The van der Waals surface area contributed by atoms with Gasteiger partial charge in [0.25, 0.3) is 0 Å². The zero-order chi connectivity index (χ0) is 20.6. The van der Waals surface area contributed by atoms with E-state index in [-0.39, 0.29) is 18.3 Å². The van der Waals surface area contributed by atoms with Crippen molar-refractivity contribution in [2.24, 2.45) is 0 Å². The summed E-state index contributed by atoms with van der Waals surface area (Å²) in [5.41, 5.74) is 1.15. The lowest BCUT2D eigenvalue weighted by atomic mass is 10.0. The predicted molar refractivity (Wildman–Crippen MR) is 109 cm³/mol. The SMILES string of the molecule is COc1ccc([C@H]2CCCCCN2CC(=O)NC(=O)Nc2ccccc2F)cc1. The average Bonchev–Trinajstić information content (AvgIpc) is 2.95. The molecule has 0 aliphatic carbocycles. The second-order valence-corrected chi connectivity index (χ2v) is 7.09. The van der Waals surface area contributed by atoms with E-state index in [1.807, 2.05) is 24.3 Å². The summed E-state index contributed by atoms with van der Waals surface area (Å²) in [5, 5.41) is 4.66. The summed E-state index contributed by atoms with van der Waals surface area (Å²) < 4.78 is 18.9. The molecule has 6 nitrogen and oxygen atoms in total. The van der Waals surface area contributed by atoms with E-state index in [2.05, 4.69) is 15.5 Å². The third-order valence-corrected chi connectivity index (χ3v) is 5.09. The van der Waals surface area contributed by atoms with Crippen LogP contribution in [-0.2, 0) is 4.79 Å². The molecule has 154 valence electrons. The van der Waals surface area contributed by atoms with Gasteiger partial charge in [-0.05, 0) is 49.2 Å². The minimum absolute atomic E-state index is 0.0312. The minimum atomic E-state index is -0.740. The van der Waals surface area contributed by atoms with Crippen LogP contribution < -0.4 is 15.4 Å². The molecule has 1 aliphatic heterocycles. The first-order valence-corrected chi connectivity index (χ1v) is 9.80. The van der Waals surface area contributed by atoms with Crippen molar-refractivity contribution in [2.45, 2.75) is 31.7 Å². The van der Waals surface area contributed by atoms with Crippen LogP contribution in [0.25, 0.3) is 0 Å². The second kappa shape index (κ2) is 10.0. The minimum Gasteiger partial charge on any atom is -0.497 e. The lowest BCUT2D eigenvalue weighted by molar-refractivity contribution is -0.121. The van der Waals surface area contributed by atoms with Gasteiger partial charge in [-0.2, -0.15) is 0 Å². The summed E-state index contributed by atoms with van der Waals surface area (Å²) >= 11 is 0. The Hall–Kier alpha value is -2.93. The number of ether oxygens (including phenoxy) is 1. The summed E-state index contributed by atoms with van der Waals surface area (Å²) in [5.74, 6) is -0.182. The molecule has 2 aromatic carbocycles. The number of imide groups is 1. The monoisotopic (exact) mass is 399 g/mol. The van der Waals surface area contributed by atoms with Gasteiger partial charge in [0.05, 0.1) is 19.3 Å². The Bertz CT molecular complexity index is 841. The number of anilines is 1. The third kappa shape index (κ3) is 5.77. The normalized spacial score (nSPS) is 17.2. The molecule has 2 N–H and O–H groups in total. The highest BCUT2D eigenvalue weighted by Crippen LogP contribution is 2.30. The molecule has 1 heterocycles. The number of methoxy groups -OCH3 is 1. The van der Waals surface area contributed by atoms with Gasteiger partial charge in [0.1, 0.15) is 11.6 Å². The van der Waals surface area contributed by atoms with Crippen molar-refractivity contribution in [3.63, 3.8) is 0 Å². The van der Waals surface area contributed by atoms with Gasteiger partial charge in [0, 0.05) is 6.04 Å². The molecular weight excluding hydrogens is 373 g/mol. The number of hydrogen-bond acceptors (Lipinski definition) is 4. The number of nitrogens with one attached hydrogen (secondary N) is 2. The third-order valence-electron chi connectivity index (χ3n) is 5.09. The summed E-state index contributed by atoms with van der Waals surface area (Å²) in [4.78, 5) is 26.6. The maximum Gasteiger partial charge on any atom is 0.326 e. The van der Waals surface area contributed by atoms with Crippen LogP contribution in [0.5, 0.6) is 5.75 Å². The van der Waals surface area contributed by atoms with Crippen molar-refractivity contribution >= 4 is 17.6 Å². The van der Waals surface area contributed by atoms with Gasteiger partial charge in [0.2, 0.25) is 5.91 Å². The number of carbonyl (C=O) groups excluding carboxylic acids is 2. The maximum absolute atomic E-state index is 13.7. The van der Waals surface area contributed by atoms with E-state index >= 15 is 0 Å². The van der Waals surface area contributed by atoms with Gasteiger partial charge in [0.15, 0.2) is 0 Å². The molecule has 2 aromatic rings. The standard InChI is InChI=1S/C22H26FN3O3/c1-29-17-12-10-16(11-13-17)20-9-3-2-6-14-26(20)15-21(27)25-22(28)24-19-8-5-4-7-18(19)23/h4-5,7-8,10-13,20H,2-3,6,9,14-15H2,1H3,(H2,24,25,27,28)/t20-/m1/s1. The molecule has 1 saturated heterocycles. The molecule has 0 saturated carbocycles. The van der Waals surface area contributed by atoms with E-state index in [1.165, 1.54) is 18.2 Å². The number of likely N-dealkylation sites (tertiary alicyclic amines) is 1. The van der Waals surface area contributed by atoms with E-state index in [1.54, 1.807) is 13.2 Å². The second-order valence-electron chi connectivity index (χ2n) is 7.09. The van der Waals surface area contributed by atoms with E-state index in [4.69, 9.17) is 4.74 Å². The Labute approximate surface area is 170 Å². The van der Waals surface area contributed by atoms with Gasteiger partial charge in [-0.1, -0.05) is 37.1 Å². The highest BCUT2D eigenvalue weighted by molar-refractivity contribution is 6.01. The topological polar surface area (TPSA) is 70.7 Å². The number of rotatable bonds is 5. The van der Waals surface area contributed by atoms with Gasteiger partial charge in [-0.15, -0.1) is 0 Å². The lowest BCUT2D eigenvalue weighted by Crippen LogP contribution is -2.43. The highest BCUT2D eigenvalue weighted by Gasteiger charge is 2.25. The zero-order valence-corrected chi connectivity index (χ0v) is 16.5. The first kappa shape index (κ1) is 20.8. The predicted octanol–water partition coefficient (Wildman–Crippen LogP) is 4.10. The zero-order valence-electron chi connectivity index (χ0n) is 16.5. The Morgan fingerprint density at radius 3 is 2.59 bits per heavy atom. The number of urea groups is 1. The van der Waals surface area contributed by atoms with Gasteiger partial charge in [-0.25, -0.2) is 9.18 Å². The van der Waals surface area contributed by atoms with Gasteiger partial charge in [-0.3, -0.25) is 15.0 Å². The fourth-order valence-electron chi connectivity index (χ4n) is 3.63. The molecule has 0 unspecified atom stereocenters. The fraction of sp³-hybridized carbons (Fsp3) is 0.364. The lowest BCUT2D eigenvalue weighted by Gasteiger charge is -2.29. The van der Waals surface area contributed by atoms with Crippen LogP contribution in [0.15, 0.2) is 48.5 Å². The maximum atomic E-state index is 13.7. The van der Waals surface area contributed by atoms with Crippen LogP contribution in [0.2, 0.25) is 0 Å². The van der Waals surface area contributed by atoms with Crippen molar-refractivity contribution in [2.75, 3.05) is 25.5 Å². The van der Waals surface area contributed by atoms with Crippen LogP contribution in [0.1, 0.15) is 37.3 Å². The summed E-state index contributed by atoms with van der Waals surface area (Å²) in [7, 11) is 1.63. The summed E-state index contributed by atoms with van der Waals surface area (Å²) in [6.45, 7) is 0.875. The van der Waals surface area contributed by atoms with Crippen molar-refractivity contribution < 1.29 is 18.7 Å². The first-order chi connectivity index (χ1) is 14.1. The van der Waals surface area contributed by atoms with E-state index in [0.717, 1.165) is 43.5 Å². The van der Waals surface area contributed by atoms with Gasteiger partial charge < -0.3 is 10.1 Å². The first-order valence-electron chi connectivity index (χ1n) is 9.80. The van der Waals surface area contributed by atoms with Crippen molar-refractivity contribution in [3.05, 3.63) is 59.9 Å². The quantitative estimate of drug-likeness (QED) is 0.794. The molecule has 0 bridgehead atoms. The molecule has 29 heavy (non-hydrogen) atoms. The molecule has 0 spiro atoms. The number of amides is 3. The summed E-state index contributed by atoms with van der Waals surface area (Å²) in [6.07, 6.45) is 4.14. The summed E-state index contributed by atoms with van der Waals surface area (Å²) in [6, 6.07) is 13.1. The number of benzene rings is 2. The molecule has 7 heteroatoms. The largest absolute Gasteiger partial charge is 0.497 e. The fourth-order valence-corrected chi connectivity index (χ4v) is 3.63.